The van der Waals surface area contributed by atoms with Gasteiger partial charge in [0, 0.05) is 43.9 Å². The van der Waals surface area contributed by atoms with Gasteiger partial charge >= 0.3 is 0 Å². The Bertz CT molecular complexity index is 1920. The molecule has 0 bridgehead atoms. The number of nitrogens with zero attached hydrogens (tertiary/aromatic N) is 2. The molecule has 3 N–H and O–H groups in total. The fraction of sp³-hybridized carbons (Fsp3) is 0.143. The number of carbonyl (C=O) groups is 4. The molecule has 57 heavy (non-hydrogen) atoms. The van der Waals surface area contributed by atoms with Gasteiger partial charge < -0.3 is 20.9 Å². The molecule has 0 unspecified atom stereocenters. The predicted octanol–water partition coefficient (Wildman–Crippen LogP) is 8.73. The van der Waals surface area contributed by atoms with Gasteiger partial charge in [-0.05, 0) is 53.8 Å². The Labute approximate surface area is 338 Å². The van der Waals surface area contributed by atoms with E-state index in [9.17, 15) is 19.2 Å². The summed E-state index contributed by atoms with van der Waals surface area (Å²) in [6, 6.07) is 49.8. The number of hydrogen-bond donors (Lipinski definition) is 2. The van der Waals surface area contributed by atoms with Gasteiger partial charge in [0.1, 0.15) is 0 Å². The Morgan fingerprint density at radius 3 is 1.07 bits per heavy atom. The van der Waals surface area contributed by atoms with Crippen LogP contribution in [0, 0.1) is 0 Å². The Morgan fingerprint density at radius 1 is 0.509 bits per heavy atom. The highest BCUT2D eigenvalue weighted by Gasteiger charge is 2.15. The van der Waals surface area contributed by atoms with Crippen LogP contribution in [0.3, 0.4) is 0 Å². The van der Waals surface area contributed by atoms with Crippen molar-refractivity contribution in [3.8, 4) is 0 Å². The molecule has 8 heteroatoms. The lowest BCUT2D eigenvalue weighted by Crippen LogP contribution is -2.30. The van der Waals surface area contributed by atoms with E-state index in [0.29, 0.717) is 43.9 Å². The first-order valence-corrected chi connectivity index (χ1v) is 18.3. The second-order valence-corrected chi connectivity index (χ2v) is 12.8. The molecule has 0 radical (unpaired) electrons. The first-order chi connectivity index (χ1) is 27.4. The summed E-state index contributed by atoms with van der Waals surface area (Å²) in [5.74, 6) is -0.626. The van der Waals surface area contributed by atoms with Crippen LogP contribution in [0.25, 0.3) is 0 Å². The quantitative estimate of drug-likeness (QED) is 0.110. The number of carbonyl (C=O) groups excluding carboxylic acids is 4. The van der Waals surface area contributed by atoms with Crippen molar-refractivity contribution in [3.05, 3.63) is 229 Å². The van der Waals surface area contributed by atoms with Gasteiger partial charge in [0.05, 0.1) is 0 Å². The number of nitrogens with one attached hydrogen (secondary N) is 1. The molecular weight excluding hydrogens is 709 g/mol. The number of primary amides is 1. The van der Waals surface area contributed by atoms with Crippen LogP contribution in [-0.4, -0.2) is 33.4 Å². The van der Waals surface area contributed by atoms with E-state index >= 15 is 0 Å². The molecule has 5 rings (SSSR count). The van der Waals surface area contributed by atoms with Gasteiger partial charge in [0.15, 0.2) is 0 Å². The predicted molar refractivity (Wildman–Crippen MR) is 232 cm³/mol. The van der Waals surface area contributed by atoms with E-state index in [0.717, 1.165) is 33.9 Å². The smallest absolute Gasteiger partial charge is 0.249 e. The van der Waals surface area contributed by atoms with Crippen LogP contribution >= 0.6 is 0 Å². The number of hydrogen-bond acceptors (Lipinski definition) is 4. The minimum Gasteiger partial charge on any atom is -0.366 e. The van der Waals surface area contributed by atoms with E-state index in [1.807, 2.05) is 157 Å². The summed E-state index contributed by atoms with van der Waals surface area (Å²) in [4.78, 5) is 48.4. The van der Waals surface area contributed by atoms with E-state index in [-0.39, 0.29) is 17.7 Å². The summed E-state index contributed by atoms with van der Waals surface area (Å²) in [6.45, 7) is 20.4. The summed E-state index contributed by atoms with van der Waals surface area (Å²) in [6.07, 6.45) is 2.42. The zero-order chi connectivity index (χ0) is 41.8. The van der Waals surface area contributed by atoms with E-state index in [2.05, 4.69) is 37.4 Å². The maximum Gasteiger partial charge on any atom is 0.249 e. The number of benzene rings is 5. The van der Waals surface area contributed by atoms with Crippen LogP contribution in [0.1, 0.15) is 41.7 Å². The average Bonchev–Trinajstić information content (AvgIpc) is 3.24. The number of amides is 4. The first kappa shape index (κ1) is 46.1. The highest BCUT2D eigenvalue weighted by molar-refractivity contribution is 5.92. The SMILES string of the molecule is C=C(C)C(=O)N(Cc1ccccc1)Cc1ccccc1.C=C(C)C(=O)NCc1ccccc1.C=CC(=O)N(Cc1ccccc1)Cc1ccccc1.C=CC(N)=O. The molecule has 0 heterocycles. The molecule has 0 aliphatic rings. The van der Waals surface area contributed by atoms with E-state index in [1.54, 1.807) is 18.7 Å². The second-order valence-electron chi connectivity index (χ2n) is 12.8. The van der Waals surface area contributed by atoms with Gasteiger partial charge in [0.2, 0.25) is 23.6 Å². The highest BCUT2D eigenvalue weighted by Crippen LogP contribution is 2.13. The van der Waals surface area contributed by atoms with Gasteiger partial charge in [-0.25, -0.2) is 0 Å². The average molecular weight is 763 g/mol. The molecule has 294 valence electrons. The van der Waals surface area contributed by atoms with E-state index in [4.69, 9.17) is 0 Å². The third-order valence-corrected chi connectivity index (χ3v) is 7.89. The Morgan fingerprint density at radius 2 is 0.807 bits per heavy atom. The van der Waals surface area contributed by atoms with Crippen molar-refractivity contribution < 1.29 is 19.2 Å². The molecule has 0 saturated carbocycles. The summed E-state index contributed by atoms with van der Waals surface area (Å²) < 4.78 is 0. The van der Waals surface area contributed by atoms with Crippen LogP contribution < -0.4 is 11.1 Å². The first-order valence-electron chi connectivity index (χ1n) is 18.3. The molecule has 0 aromatic heterocycles. The van der Waals surface area contributed by atoms with Crippen LogP contribution in [-0.2, 0) is 51.9 Å². The number of nitrogens with two attached hydrogens (primary N) is 1. The number of rotatable bonds is 14. The molecule has 8 nitrogen and oxygen atoms in total. The largest absolute Gasteiger partial charge is 0.366 e. The van der Waals surface area contributed by atoms with Gasteiger partial charge in [-0.15, -0.1) is 0 Å². The van der Waals surface area contributed by atoms with Crippen LogP contribution in [0.4, 0.5) is 0 Å². The molecule has 0 aliphatic carbocycles. The second kappa shape index (κ2) is 26.7. The molecule has 0 atom stereocenters. The Balaban J connectivity index is 0.000000283. The lowest BCUT2D eigenvalue weighted by atomic mass is 10.1. The van der Waals surface area contributed by atoms with Crippen LogP contribution in [0.15, 0.2) is 201 Å². The van der Waals surface area contributed by atoms with Crippen LogP contribution in [0.2, 0.25) is 0 Å². The van der Waals surface area contributed by atoms with Crippen molar-refractivity contribution in [3.63, 3.8) is 0 Å². The van der Waals surface area contributed by atoms with Crippen molar-refractivity contribution in [2.75, 3.05) is 0 Å². The van der Waals surface area contributed by atoms with Crippen molar-refractivity contribution in [2.24, 2.45) is 5.73 Å². The molecule has 0 fully saturated rings. The van der Waals surface area contributed by atoms with E-state index < -0.39 is 5.91 Å². The monoisotopic (exact) mass is 762 g/mol. The van der Waals surface area contributed by atoms with Gasteiger partial charge in [-0.1, -0.05) is 178 Å². The van der Waals surface area contributed by atoms with E-state index in [1.165, 1.54) is 6.08 Å². The minimum atomic E-state index is -0.481. The summed E-state index contributed by atoms with van der Waals surface area (Å²) in [7, 11) is 0. The minimum absolute atomic E-state index is 0.00212. The lowest BCUT2D eigenvalue weighted by molar-refractivity contribution is -0.128. The fourth-order valence-corrected chi connectivity index (χ4v) is 4.95. The third kappa shape index (κ3) is 19.7. The summed E-state index contributed by atoms with van der Waals surface area (Å²) >= 11 is 0. The van der Waals surface area contributed by atoms with Crippen molar-refractivity contribution in [2.45, 2.75) is 46.6 Å². The Kier molecular flexibility index (Phi) is 21.6. The zero-order valence-electron chi connectivity index (χ0n) is 33.1. The zero-order valence-corrected chi connectivity index (χ0v) is 33.1. The standard InChI is InChI=1S/C18H19NO.C17H17NO.C11H13NO.C3H5NO/c1-15(2)18(20)19(13-16-9-5-3-6-10-16)14-17-11-7-4-8-12-17;1-2-17(19)18(13-15-9-5-3-6-10-15)14-16-11-7-4-8-12-16;1-9(2)11(13)12-8-10-6-4-3-5-7-10;1-2-3(4)5/h3-12H,1,13-14H2,2H3;2-12H,1,13-14H2;3-7H,1,8H2,2H3,(H,12,13);2H,1H2,(H2,4,5). The topological polar surface area (TPSA) is 113 Å². The molecule has 0 spiro atoms. The summed E-state index contributed by atoms with van der Waals surface area (Å²) in [5, 5.41) is 2.76. The normalized spacial score (nSPS) is 9.51. The maximum atomic E-state index is 12.3. The molecule has 0 aliphatic heterocycles. The molecular formula is C49H54N4O4. The van der Waals surface area contributed by atoms with Crippen molar-refractivity contribution in [1.29, 1.82) is 0 Å². The highest BCUT2D eigenvalue weighted by atomic mass is 16.2. The lowest BCUT2D eigenvalue weighted by Gasteiger charge is -2.23. The van der Waals surface area contributed by atoms with Gasteiger partial charge in [0.25, 0.3) is 0 Å². The third-order valence-electron chi connectivity index (χ3n) is 7.89. The van der Waals surface area contributed by atoms with Gasteiger partial charge in [-0.3, -0.25) is 19.2 Å². The fourth-order valence-electron chi connectivity index (χ4n) is 4.95. The van der Waals surface area contributed by atoms with Crippen molar-refractivity contribution in [1.82, 2.24) is 15.1 Å². The molecule has 4 amide bonds. The summed E-state index contributed by atoms with van der Waals surface area (Å²) in [5.41, 5.74) is 11.2. The maximum absolute atomic E-state index is 12.3. The molecule has 0 saturated heterocycles. The molecule has 5 aromatic rings. The molecule has 5 aromatic carbocycles. The van der Waals surface area contributed by atoms with Crippen LogP contribution in [0.5, 0.6) is 0 Å². The van der Waals surface area contributed by atoms with Crippen molar-refractivity contribution >= 4 is 23.6 Å². The van der Waals surface area contributed by atoms with Gasteiger partial charge in [-0.2, -0.15) is 0 Å². The Hall–Kier alpha value is -7.06.